The lowest BCUT2D eigenvalue weighted by Crippen LogP contribution is -2.50. The highest BCUT2D eigenvalue weighted by molar-refractivity contribution is 9.11. The Hall–Kier alpha value is -4.65. The lowest BCUT2D eigenvalue weighted by atomic mass is 9.97. The van der Waals surface area contributed by atoms with Crippen LogP contribution in [0.5, 0.6) is 5.75 Å². The number of nitrogen functional groups attached to an aromatic ring is 2. The molecule has 4 N–H and O–H groups in total. The molecule has 2 fully saturated rings. The van der Waals surface area contributed by atoms with Gasteiger partial charge < -0.3 is 19.7 Å². The molecule has 5 aromatic heterocycles. The van der Waals surface area contributed by atoms with Crippen molar-refractivity contribution in [3.8, 4) is 11.8 Å². The van der Waals surface area contributed by atoms with Crippen LogP contribution in [0.25, 0.3) is 5.65 Å². The van der Waals surface area contributed by atoms with E-state index in [2.05, 4.69) is 99.9 Å². The molecule has 332 valence electrons. The van der Waals surface area contributed by atoms with E-state index < -0.39 is 0 Å². The molecule has 2 unspecified atom stereocenters. The van der Waals surface area contributed by atoms with Crippen molar-refractivity contribution in [3.05, 3.63) is 89.2 Å². The number of rotatable bonds is 4. The highest BCUT2D eigenvalue weighted by atomic mass is 79.9. The molecule has 62 heavy (non-hydrogen) atoms. The normalized spacial score (nSPS) is 15.7. The minimum Gasteiger partial charge on any atom is -0.872 e. The van der Waals surface area contributed by atoms with Crippen LogP contribution in [0.3, 0.4) is 0 Å². The molecule has 21 heteroatoms. The van der Waals surface area contributed by atoms with Gasteiger partial charge in [-0.2, -0.15) is 20.6 Å². The van der Waals surface area contributed by atoms with Gasteiger partial charge in [-0.05, 0) is 117 Å². The average Bonchev–Trinajstić information content (AvgIpc) is 4.02. The number of carbonyl (C=O) groups is 1. The van der Waals surface area contributed by atoms with Gasteiger partial charge in [-0.3, -0.25) is 20.9 Å². The smallest absolute Gasteiger partial charge is 0.329 e. The standard InChI is InChI=1S/C15H17Br2N7.C10H15N3O.C9H12O.C5H6Br2N4.C2H3N/c1-9-12(16)19-13(17)15-20-14(21-24(9)15)10-4-3-5-23(7-10)11-6-18-22(2)8-11;1-12-7-10(5-11-12)13-4-2-3-9(6-13)8-14;1-6-4-7(2)9(10)8(3)5-6;1-2-3(6)10-4(7)5(8)11(2)9;1-2-3/h6,8,10H,3-5,7H2,1-2H3;5,7-9H,2-4,6H2,1H3;4-5,10H,1-3H3;8H,9H2,1H3;1H3. The van der Waals surface area contributed by atoms with Crippen LogP contribution in [0.4, 0.5) is 17.2 Å². The Bertz CT molecular complexity index is 2450. The van der Waals surface area contributed by atoms with Crippen LogP contribution in [0.15, 0.2) is 55.3 Å². The topological polar surface area (TPSA) is 218 Å². The van der Waals surface area contributed by atoms with Gasteiger partial charge in [-0.25, -0.2) is 19.5 Å². The van der Waals surface area contributed by atoms with Gasteiger partial charge in [0.1, 0.15) is 10.9 Å². The van der Waals surface area contributed by atoms with E-state index in [1.165, 1.54) is 11.6 Å². The Morgan fingerprint density at radius 3 is 1.90 bits per heavy atom. The van der Waals surface area contributed by atoms with Gasteiger partial charge in [0.25, 0.3) is 0 Å². The minimum absolute atomic E-state index is 0.172. The molecule has 0 bridgehead atoms. The number of aryl methyl sites for hydroxylation is 6. The van der Waals surface area contributed by atoms with Crippen molar-refractivity contribution in [2.24, 2.45) is 20.0 Å². The van der Waals surface area contributed by atoms with Crippen LogP contribution < -0.4 is 31.2 Å². The fourth-order valence-electron chi connectivity index (χ4n) is 6.86. The molecule has 0 aliphatic carbocycles. The molecule has 0 amide bonds. The summed E-state index contributed by atoms with van der Waals surface area (Å²) in [5, 5.41) is 31.6. The Morgan fingerprint density at radius 2 is 1.37 bits per heavy atom. The van der Waals surface area contributed by atoms with E-state index in [1.54, 1.807) is 10.8 Å². The van der Waals surface area contributed by atoms with Gasteiger partial charge in [0.2, 0.25) is 0 Å². The summed E-state index contributed by atoms with van der Waals surface area (Å²) in [5.41, 5.74) is 13.2. The predicted octanol–water partition coefficient (Wildman–Crippen LogP) is 6.62. The van der Waals surface area contributed by atoms with E-state index in [9.17, 15) is 9.90 Å². The fraction of sp³-hybridized carbons (Fsp3) is 0.439. The number of piperidine rings is 2. The summed E-state index contributed by atoms with van der Waals surface area (Å²) >= 11 is 13.3. The first-order chi connectivity index (χ1) is 29.4. The van der Waals surface area contributed by atoms with Crippen molar-refractivity contribution < 1.29 is 14.6 Å². The van der Waals surface area contributed by atoms with Gasteiger partial charge in [-0.1, -0.05) is 28.8 Å². The Morgan fingerprint density at radius 1 is 0.839 bits per heavy atom. The minimum atomic E-state index is 0.172. The zero-order valence-electron chi connectivity index (χ0n) is 36.1. The van der Waals surface area contributed by atoms with E-state index in [1.807, 2.05) is 88.6 Å². The number of nitrogens with two attached hydrogens (primary N) is 2. The van der Waals surface area contributed by atoms with Gasteiger partial charge in [0.15, 0.2) is 31.0 Å². The summed E-state index contributed by atoms with van der Waals surface area (Å²) < 4.78 is 9.56. The van der Waals surface area contributed by atoms with Crippen LogP contribution in [0, 0.1) is 51.9 Å². The largest absolute Gasteiger partial charge is 0.872 e. The molecule has 2 saturated heterocycles. The molecule has 1 aromatic carbocycles. The van der Waals surface area contributed by atoms with E-state index in [0.717, 1.165) is 114 Å². The maximum absolute atomic E-state index is 11.1. The SMILES string of the molecule is CC#N.Cc1c(Br)nc(Br)c(N)[n+]1N.Cc1c(Br)nc(Br)c2nc(C3CCCN(c4cnn(C)c4)C3)nn12.Cc1cc(C)c([O-])c(C)c1.Cn1cc(N2CCCC(C=O)C2)cn1. The molecular formula is C41H53Br4N15O2. The molecule has 6 aromatic rings. The third kappa shape index (κ3) is 13.2. The van der Waals surface area contributed by atoms with Crippen LogP contribution in [-0.2, 0) is 18.9 Å². The zero-order chi connectivity index (χ0) is 45.8. The second kappa shape index (κ2) is 23.2. The third-order valence-corrected chi connectivity index (χ3v) is 12.7. The number of carbonyl (C=O) groups excluding carboxylic acids is 1. The first-order valence-corrected chi connectivity index (χ1v) is 22.9. The summed E-state index contributed by atoms with van der Waals surface area (Å²) in [6.07, 6.45) is 13.2. The molecule has 2 aliphatic heterocycles. The van der Waals surface area contributed by atoms with E-state index >= 15 is 0 Å². The number of aromatic nitrogens is 10. The lowest BCUT2D eigenvalue weighted by molar-refractivity contribution is -0.632. The molecule has 7 heterocycles. The summed E-state index contributed by atoms with van der Waals surface area (Å²) in [6.45, 7) is 14.8. The van der Waals surface area contributed by atoms with Crippen LogP contribution in [0.1, 0.15) is 72.4 Å². The van der Waals surface area contributed by atoms with Gasteiger partial charge in [0, 0.05) is 78.4 Å². The summed E-state index contributed by atoms with van der Waals surface area (Å²) in [5.74, 6) is 7.54. The molecule has 0 radical (unpaired) electrons. The maximum Gasteiger partial charge on any atom is 0.329 e. The third-order valence-electron chi connectivity index (χ3n) is 10.1. The summed E-state index contributed by atoms with van der Waals surface area (Å²) in [7, 11) is 3.85. The van der Waals surface area contributed by atoms with E-state index in [-0.39, 0.29) is 11.7 Å². The number of nitriles is 1. The Balaban J connectivity index is 0.000000190. The average molecular weight is 1110 g/mol. The van der Waals surface area contributed by atoms with Crippen LogP contribution in [-0.4, -0.2) is 76.6 Å². The fourth-order valence-corrected chi connectivity index (χ4v) is 8.86. The number of aldehydes is 1. The second-order valence-corrected chi connectivity index (χ2v) is 18.0. The predicted molar refractivity (Wildman–Crippen MR) is 253 cm³/mol. The molecule has 2 atom stereocenters. The number of hydrogen-bond donors (Lipinski definition) is 2. The van der Waals surface area contributed by atoms with Crippen molar-refractivity contribution in [2.45, 2.75) is 73.1 Å². The molecule has 2 aliphatic rings. The van der Waals surface area contributed by atoms with Gasteiger partial charge in [0.05, 0.1) is 35.5 Å². The zero-order valence-corrected chi connectivity index (χ0v) is 42.5. The highest BCUT2D eigenvalue weighted by Gasteiger charge is 2.27. The first-order valence-electron chi connectivity index (χ1n) is 19.7. The number of nitrogens with zero attached hydrogens (tertiary/aromatic N) is 13. The maximum atomic E-state index is 11.1. The van der Waals surface area contributed by atoms with Crippen molar-refractivity contribution >= 4 is 92.8 Å². The highest BCUT2D eigenvalue weighted by Crippen LogP contribution is 2.30. The Kier molecular flexibility index (Phi) is 18.7. The molecule has 0 spiro atoms. The summed E-state index contributed by atoms with van der Waals surface area (Å²) in [6, 6.07) is 5.57. The van der Waals surface area contributed by atoms with Crippen molar-refractivity contribution in [3.63, 3.8) is 0 Å². The number of fused-ring (bicyclic) bond motifs is 1. The second-order valence-electron chi connectivity index (χ2n) is 15.0. The quantitative estimate of drug-likeness (QED) is 0.108. The number of hydrogen-bond acceptors (Lipinski definition) is 13. The van der Waals surface area contributed by atoms with E-state index in [0.29, 0.717) is 25.5 Å². The van der Waals surface area contributed by atoms with Crippen molar-refractivity contribution in [2.75, 3.05) is 47.6 Å². The number of halogens is 4. The first kappa shape index (κ1) is 50.0. The van der Waals surface area contributed by atoms with E-state index in [4.69, 9.17) is 26.9 Å². The molecule has 17 nitrogen and oxygen atoms in total. The van der Waals surface area contributed by atoms with Crippen molar-refractivity contribution in [1.29, 1.82) is 5.26 Å². The van der Waals surface area contributed by atoms with Crippen molar-refractivity contribution in [1.82, 2.24) is 44.1 Å². The number of anilines is 3. The monoisotopic (exact) mass is 1100 g/mol. The molecular weight excluding hydrogens is 1050 g/mol. The number of benzene rings is 1. The molecule has 8 rings (SSSR count). The Labute approximate surface area is 396 Å². The van der Waals surface area contributed by atoms with Crippen LogP contribution in [0.2, 0.25) is 0 Å². The van der Waals surface area contributed by atoms with Gasteiger partial charge >= 0.3 is 5.82 Å². The summed E-state index contributed by atoms with van der Waals surface area (Å²) in [4.78, 5) is 28.5. The van der Waals surface area contributed by atoms with Gasteiger partial charge in [-0.15, -0.1) is 10.4 Å². The van der Waals surface area contributed by atoms with Crippen LogP contribution >= 0.6 is 63.7 Å². The lowest BCUT2D eigenvalue weighted by Gasteiger charge is -2.32. The molecule has 0 saturated carbocycles.